The van der Waals surface area contributed by atoms with E-state index >= 15 is 0 Å². The lowest BCUT2D eigenvalue weighted by molar-refractivity contribution is -0.119. The summed E-state index contributed by atoms with van der Waals surface area (Å²) in [6, 6.07) is 21.1. The number of hydrazone groups is 1. The van der Waals surface area contributed by atoms with Crippen molar-refractivity contribution in [3.05, 3.63) is 95.1 Å². The first-order chi connectivity index (χ1) is 14.8. The highest BCUT2D eigenvalue weighted by molar-refractivity contribution is 7.92. The van der Waals surface area contributed by atoms with Gasteiger partial charge in [0.25, 0.3) is 15.9 Å². The molecule has 0 aliphatic heterocycles. The van der Waals surface area contributed by atoms with Crippen LogP contribution in [0.15, 0.2) is 82.8 Å². The van der Waals surface area contributed by atoms with E-state index in [0.29, 0.717) is 5.69 Å². The van der Waals surface area contributed by atoms with E-state index in [4.69, 9.17) is 0 Å². The van der Waals surface area contributed by atoms with Gasteiger partial charge in [-0.25, -0.2) is 13.8 Å². The lowest BCUT2D eigenvalue weighted by Gasteiger charge is -2.25. The molecule has 7 heteroatoms. The molecule has 3 aromatic rings. The number of amides is 1. The van der Waals surface area contributed by atoms with Crippen LogP contribution >= 0.6 is 0 Å². The molecule has 0 unspecified atom stereocenters. The number of carbonyl (C=O) groups is 1. The zero-order valence-corrected chi connectivity index (χ0v) is 18.6. The highest BCUT2D eigenvalue weighted by Gasteiger charge is 2.28. The van der Waals surface area contributed by atoms with E-state index in [-0.39, 0.29) is 4.90 Å². The maximum Gasteiger partial charge on any atom is 0.264 e. The molecule has 1 amide bonds. The predicted octanol–water partition coefficient (Wildman–Crippen LogP) is 3.96. The molecule has 3 rings (SSSR count). The number of rotatable bonds is 7. The minimum atomic E-state index is -3.95. The van der Waals surface area contributed by atoms with Gasteiger partial charge in [-0.1, -0.05) is 65.7 Å². The number of hydrogen-bond acceptors (Lipinski definition) is 4. The Balaban J connectivity index is 1.86. The van der Waals surface area contributed by atoms with E-state index < -0.39 is 22.5 Å². The normalized spacial score (nSPS) is 11.5. The number of aryl methyl sites for hydroxylation is 3. The Bertz CT molecular complexity index is 1190. The molecule has 0 saturated heterocycles. The van der Waals surface area contributed by atoms with Gasteiger partial charge in [0.15, 0.2) is 0 Å². The topological polar surface area (TPSA) is 78.8 Å². The number of sulfonamides is 1. The fraction of sp³-hybridized carbons (Fsp3) is 0.167. The van der Waals surface area contributed by atoms with Crippen LogP contribution in [0.1, 0.15) is 22.3 Å². The number of nitrogens with one attached hydrogen (secondary N) is 1. The van der Waals surface area contributed by atoms with Crippen LogP contribution < -0.4 is 9.73 Å². The zero-order chi connectivity index (χ0) is 22.4. The lowest BCUT2D eigenvalue weighted by atomic mass is 10.1. The van der Waals surface area contributed by atoms with E-state index in [2.05, 4.69) is 10.5 Å². The van der Waals surface area contributed by atoms with Crippen molar-refractivity contribution in [2.24, 2.45) is 5.10 Å². The van der Waals surface area contributed by atoms with E-state index in [1.165, 1.54) is 18.3 Å². The molecule has 0 atom stereocenters. The van der Waals surface area contributed by atoms with E-state index in [9.17, 15) is 13.2 Å². The first kappa shape index (κ1) is 22.2. The molecule has 6 nitrogen and oxygen atoms in total. The summed E-state index contributed by atoms with van der Waals surface area (Å²) in [5.74, 6) is -0.539. The summed E-state index contributed by atoms with van der Waals surface area (Å²) < 4.78 is 27.8. The molecule has 0 spiro atoms. The first-order valence-electron chi connectivity index (χ1n) is 9.81. The van der Waals surface area contributed by atoms with Crippen molar-refractivity contribution in [3.8, 4) is 0 Å². The minimum Gasteiger partial charge on any atom is -0.271 e. The van der Waals surface area contributed by atoms with Crippen LogP contribution in [0.4, 0.5) is 5.69 Å². The Kier molecular flexibility index (Phi) is 6.87. The van der Waals surface area contributed by atoms with Crippen molar-refractivity contribution >= 4 is 27.8 Å². The Morgan fingerprint density at radius 2 is 1.58 bits per heavy atom. The lowest BCUT2D eigenvalue weighted by Crippen LogP contribution is -2.40. The number of hydrogen-bond donors (Lipinski definition) is 1. The Morgan fingerprint density at radius 1 is 0.935 bits per heavy atom. The van der Waals surface area contributed by atoms with Gasteiger partial charge in [0.2, 0.25) is 0 Å². The SMILES string of the molecule is Cc1ccc(/C=N\NC(=O)CN(c2ccc(C)cc2C)S(=O)(=O)c2ccccc2)cc1. The molecule has 0 aromatic heterocycles. The van der Waals surface area contributed by atoms with Crippen LogP contribution in [0.25, 0.3) is 0 Å². The summed E-state index contributed by atoms with van der Waals surface area (Å²) in [4.78, 5) is 12.7. The molecule has 0 radical (unpaired) electrons. The molecule has 0 bridgehead atoms. The van der Waals surface area contributed by atoms with Gasteiger partial charge in [-0.3, -0.25) is 9.10 Å². The van der Waals surface area contributed by atoms with Crippen LogP contribution in [-0.2, 0) is 14.8 Å². The fourth-order valence-electron chi connectivity index (χ4n) is 3.10. The average molecular weight is 436 g/mol. The third-order valence-electron chi connectivity index (χ3n) is 4.72. The van der Waals surface area contributed by atoms with Crippen molar-refractivity contribution in [3.63, 3.8) is 0 Å². The highest BCUT2D eigenvalue weighted by Crippen LogP contribution is 2.27. The van der Waals surface area contributed by atoms with Crippen molar-refractivity contribution < 1.29 is 13.2 Å². The van der Waals surface area contributed by atoms with Crippen molar-refractivity contribution in [1.29, 1.82) is 0 Å². The zero-order valence-electron chi connectivity index (χ0n) is 17.7. The number of benzene rings is 3. The van der Waals surface area contributed by atoms with Gasteiger partial charge in [0.1, 0.15) is 6.54 Å². The highest BCUT2D eigenvalue weighted by atomic mass is 32.2. The maximum atomic E-state index is 13.3. The van der Waals surface area contributed by atoms with Crippen LogP contribution in [0, 0.1) is 20.8 Å². The molecule has 0 heterocycles. The minimum absolute atomic E-state index is 0.117. The van der Waals surface area contributed by atoms with E-state index in [1.54, 1.807) is 24.3 Å². The molecule has 0 saturated carbocycles. The summed E-state index contributed by atoms with van der Waals surface area (Å²) in [7, 11) is -3.95. The molecule has 1 N–H and O–H groups in total. The molecule has 160 valence electrons. The monoisotopic (exact) mass is 435 g/mol. The first-order valence-corrected chi connectivity index (χ1v) is 11.2. The standard InChI is InChI=1S/C24H25N3O3S/c1-18-9-12-21(13-10-18)16-25-26-24(28)17-27(23-14-11-19(2)15-20(23)3)31(29,30)22-7-5-4-6-8-22/h4-16H,17H2,1-3H3,(H,26,28)/b25-16-. The second-order valence-corrected chi connectivity index (χ2v) is 9.18. The van der Waals surface area contributed by atoms with Crippen LogP contribution in [0.3, 0.4) is 0 Å². The predicted molar refractivity (Wildman–Crippen MR) is 124 cm³/mol. The molecule has 0 aliphatic carbocycles. The molecule has 0 aliphatic rings. The summed E-state index contributed by atoms with van der Waals surface area (Å²) in [6.45, 7) is 5.34. The van der Waals surface area contributed by atoms with Gasteiger partial charge in [0, 0.05) is 0 Å². The summed E-state index contributed by atoms with van der Waals surface area (Å²) >= 11 is 0. The Morgan fingerprint density at radius 3 is 2.23 bits per heavy atom. The van der Waals surface area contributed by atoms with Gasteiger partial charge in [-0.15, -0.1) is 0 Å². The quantitative estimate of drug-likeness (QED) is 0.451. The molecular formula is C24H25N3O3S. The Hall–Kier alpha value is -3.45. The van der Waals surface area contributed by atoms with E-state index in [1.807, 2.05) is 57.2 Å². The van der Waals surface area contributed by atoms with Crippen LogP contribution in [0.5, 0.6) is 0 Å². The number of carbonyl (C=O) groups excluding carboxylic acids is 1. The smallest absolute Gasteiger partial charge is 0.264 e. The molecule has 31 heavy (non-hydrogen) atoms. The molecule has 3 aromatic carbocycles. The fourth-order valence-corrected chi connectivity index (χ4v) is 4.61. The summed E-state index contributed by atoms with van der Waals surface area (Å²) in [5.41, 5.74) is 6.59. The van der Waals surface area contributed by atoms with Crippen LogP contribution in [0.2, 0.25) is 0 Å². The average Bonchev–Trinajstić information content (AvgIpc) is 2.74. The van der Waals surface area contributed by atoms with Crippen molar-refractivity contribution in [2.75, 3.05) is 10.8 Å². The second kappa shape index (κ2) is 9.57. The van der Waals surface area contributed by atoms with E-state index in [0.717, 1.165) is 26.6 Å². The third-order valence-corrected chi connectivity index (χ3v) is 6.49. The van der Waals surface area contributed by atoms with Gasteiger partial charge >= 0.3 is 0 Å². The van der Waals surface area contributed by atoms with Crippen LogP contribution in [-0.4, -0.2) is 27.1 Å². The van der Waals surface area contributed by atoms with Gasteiger partial charge < -0.3 is 0 Å². The van der Waals surface area contributed by atoms with Gasteiger partial charge in [-0.2, -0.15) is 5.10 Å². The number of anilines is 1. The molecule has 0 fully saturated rings. The van der Waals surface area contributed by atoms with Gasteiger partial charge in [-0.05, 0) is 50.1 Å². The Labute approximate surface area is 183 Å². The van der Waals surface area contributed by atoms with Crippen molar-refractivity contribution in [1.82, 2.24) is 5.43 Å². The summed E-state index contributed by atoms with van der Waals surface area (Å²) in [5, 5.41) is 3.96. The largest absolute Gasteiger partial charge is 0.271 e. The second-order valence-electron chi connectivity index (χ2n) is 7.32. The van der Waals surface area contributed by atoms with Gasteiger partial charge in [0.05, 0.1) is 16.8 Å². The molecular weight excluding hydrogens is 410 g/mol. The summed E-state index contributed by atoms with van der Waals surface area (Å²) in [6.07, 6.45) is 1.52. The maximum absolute atomic E-state index is 13.3. The van der Waals surface area contributed by atoms with Crippen molar-refractivity contribution in [2.45, 2.75) is 25.7 Å². The number of nitrogens with zero attached hydrogens (tertiary/aromatic N) is 2. The third kappa shape index (κ3) is 5.58.